The van der Waals surface area contributed by atoms with Crippen LogP contribution in [0.4, 0.5) is 10.5 Å². The van der Waals surface area contributed by atoms with Crippen molar-refractivity contribution < 1.29 is 9.53 Å². The van der Waals surface area contributed by atoms with Crippen LogP contribution in [0.5, 0.6) is 5.75 Å². The third-order valence-electron chi connectivity index (χ3n) is 3.55. The Morgan fingerprint density at radius 1 is 1.38 bits per heavy atom. The molecule has 7 heteroatoms. The Hall–Kier alpha value is -2.70. The number of carbonyl (C=O) groups is 1. The normalized spacial score (nSPS) is 13.7. The van der Waals surface area contributed by atoms with Crippen molar-refractivity contribution in [1.29, 1.82) is 0 Å². The Morgan fingerprint density at radius 3 is 3.05 bits per heavy atom. The number of anilines is 1. The average Bonchev–Trinajstić information content (AvgIpc) is 2.88. The van der Waals surface area contributed by atoms with Crippen LogP contribution in [0.1, 0.15) is 11.3 Å². The molecule has 2 amide bonds. The Kier molecular flexibility index (Phi) is 3.39. The van der Waals surface area contributed by atoms with Gasteiger partial charge in [-0.1, -0.05) is 6.07 Å². The van der Waals surface area contributed by atoms with E-state index in [1.807, 2.05) is 6.07 Å². The molecule has 0 fully saturated rings. The van der Waals surface area contributed by atoms with Gasteiger partial charge in [0.05, 0.1) is 19.2 Å². The number of nitrogens with one attached hydrogen (secondary N) is 3. The molecule has 0 saturated carbocycles. The molecule has 0 bridgehead atoms. The van der Waals surface area contributed by atoms with Crippen LogP contribution < -0.4 is 15.6 Å². The molecule has 1 aromatic heterocycles. The summed E-state index contributed by atoms with van der Waals surface area (Å²) in [5.74, 6) is 0.677. The number of methoxy groups -OCH3 is 1. The number of benzene rings is 1. The third kappa shape index (κ3) is 2.62. The number of rotatable bonds is 2. The number of hydrogen-bond donors (Lipinski definition) is 3. The molecule has 0 radical (unpaired) electrons. The summed E-state index contributed by atoms with van der Waals surface area (Å²) < 4.78 is 5.12. The molecule has 0 aliphatic carbocycles. The fourth-order valence-corrected chi connectivity index (χ4v) is 2.39. The first-order chi connectivity index (χ1) is 10.2. The van der Waals surface area contributed by atoms with E-state index >= 15 is 0 Å². The lowest BCUT2D eigenvalue weighted by atomic mass is 10.1. The van der Waals surface area contributed by atoms with Gasteiger partial charge in [0.1, 0.15) is 5.75 Å². The number of urea groups is 1. The second kappa shape index (κ2) is 5.35. The van der Waals surface area contributed by atoms with Gasteiger partial charge in [-0.15, -0.1) is 0 Å². The SMILES string of the molecule is COc1cccc(NC(=O)N2CCc3[nH][nH]c(=O)c3C2)c1. The smallest absolute Gasteiger partial charge is 0.322 e. The summed E-state index contributed by atoms with van der Waals surface area (Å²) in [7, 11) is 1.57. The number of hydrogen-bond acceptors (Lipinski definition) is 3. The van der Waals surface area contributed by atoms with Gasteiger partial charge in [0.15, 0.2) is 0 Å². The highest BCUT2D eigenvalue weighted by molar-refractivity contribution is 5.89. The van der Waals surface area contributed by atoms with E-state index in [1.165, 1.54) is 0 Å². The van der Waals surface area contributed by atoms with Crippen molar-refractivity contribution in [3.63, 3.8) is 0 Å². The monoisotopic (exact) mass is 288 g/mol. The second-order valence-corrected chi connectivity index (χ2v) is 4.87. The maximum Gasteiger partial charge on any atom is 0.322 e. The first-order valence-electron chi connectivity index (χ1n) is 6.66. The molecule has 2 aromatic rings. The van der Waals surface area contributed by atoms with Crippen LogP contribution in [0.3, 0.4) is 0 Å². The van der Waals surface area contributed by atoms with E-state index in [2.05, 4.69) is 15.5 Å². The van der Waals surface area contributed by atoms with Crippen LogP contribution in [-0.4, -0.2) is 34.8 Å². The van der Waals surface area contributed by atoms with Crippen molar-refractivity contribution in [2.75, 3.05) is 19.0 Å². The van der Waals surface area contributed by atoms with Crippen molar-refractivity contribution in [1.82, 2.24) is 15.1 Å². The van der Waals surface area contributed by atoms with Crippen LogP contribution in [-0.2, 0) is 13.0 Å². The molecule has 3 N–H and O–H groups in total. The Labute approximate surface area is 120 Å². The summed E-state index contributed by atoms with van der Waals surface area (Å²) >= 11 is 0. The average molecular weight is 288 g/mol. The molecule has 1 aliphatic heterocycles. The molecule has 1 aromatic carbocycles. The number of aromatic nitrogens is 2. The fourth-order valence-electron chi connectivity index (χ4n) is 2.39. The molecule has 0 unspecified atom stereocenters. The maximum atomic E-state index is 12.3. The van der Waals surface area contributed by atoms with Gasteiger partial charge in [0, 0.05) is 30.4 Å². The Balaban J connectivity index is 1.72. The number of amides is 2. The maximum absolute atomic E-state index is 12.3. The summed E-state index contributed by atoms with van der Waals surface area (Å²) in [5.41, 5.74) is 2.00. The van der Waals surface area contributed by atoms with Gasteiger partial charge in [0.25, 0.3) is 5.56 Å². The predicted octanol–water partition coefficient (Wildman–Crippen LogP) is 1.30. The molecular formula is C14H16N4O3. The molecular weight excluding hydrogens is 272 g/mol. The molecule has 2 heterocycles. The highest BCUT2D eigenvalue weighted by Gasteiger charge is 2.24. The van der Waals surface area contributed by atoms with E-state index in [1.54, 1.807) is 30.2 Å². The largest absolute Gasteiger partial charge is 0.497 e. The number of H-pyrrole nitrogens is 2. The van der Waals surface area contributed by atoms with Crippen LogP contribution >= 0.6 is 0 Å². The van der Waals surface area contributed by atoms with Crippen molar-refractivity contribution in [3.05, 3.63) is 45.9 Å². The van der Waals surface area contributed by atoms with Crippen molar-refractivity contribution in [2.45, 2.75) is 13.0 Å². The van der Waals surface area contributed by atoms with Gasteiger partial charge in [-0.05, 0) is 12.1 Å². The van der Waals surface area contributed by atoms with Crippen molar-refractivity contribution >= 4 is 11.7 Å². The van der Waals surface area contributed by atoms with E-state index in [9.17, 15) is 9.59 Å². The lowest BCUT2D eigenvalue weighted by Crippen LogP contribution is -2.40. The van der Waals surface area contributed by atoms with E-state index < -0.39 is 0 Å². The van der Waals surface area contributed by atoms with E-state index in [-0.39, 0.29) is 11.6 Å². The van der Waals surface area contributed by atoms with Gasteiger partial charge in [-0.2, -0.15) is 0 Å². The molecule has 110 valence electrons. The molecule has 7 nitrogen and oxygen atoms in total. The van der Waals surface area contributed by atoms with Crippen LogP contribution in [0.2, 0.25) is 0 Å². The summed E-state index contributed by atoms with van der Waals surface area (Å²) in [4.78, 5) is 25.5. The topological polar surface area (TPSA) is 90.2 Å². The summed E-state index contributed by atoms with van der Waals surface area (Å²) in [5, 5.41) is 8.20. The van der Waals surface area contributed by atoms with Gasteiger partial charge in [-0.3, -0.25) is 9.89 Å². The lowest BCUT2D eigenvalue weighted by molar-refractivity contribution is 0.206. The predicted molar refractivity (Wildman–Crippen MR) is 77.5 cm³/mol. The van der Waals surface area contributed by atoms with E-state index in [0.717, 1.165) is 5.69 Å². The minimum Gasteiger partial charge on any atom is -0.497 e. The van der Waals surface area contributed by atoms with Crippen LogP contribution in [0.25, 0.3) is 0 Å². The van der Waals surface area contributed by atoms with Gasteiger partial charge in [-0.25, -0.2) is 4.79 Å². The zero-order chi connectivity index (χ0) is 14.8. The molecule has 1 aliphatic rings. The standard InChI is InChI=1S/C14H16N4O3/c1-21-10-4-2-3-9(7-10)15-14(20)18-6-5-12-11(8-18)13(19)17-16-12/h2-4,7H,5-6,8H2,1H3,(H,15,20)(H2,16,17,19). The minimum atomic E-state index is -0.227. The van der Waals surface area contributed by atoms with Crippen molar-refractivity contribution in [3.8, 4) is 5.75 Å². The minimum absolute atomic E-state index is 0.163. The molecule has 3 rings (SSSR count). The number of fused-ring (bicyclic) bond motifs is 1. The third-order valence-corrected chi connectivity index (χ3v) is 3.55. The fraction of sp³-hybridized carbons (Fsp3) is 0.286. The molecule has 0 atom stereocenters. The highest BCUT2D eigenvalue weighted by Crippen LogP contribution is 2.19. The summed E-state index contributed by atoms with van der Waals surface area (Å²) in [6, 6.07) is 6.92. The molecule has 21 heavy (non-hydrogen) atoms. The van der Waals surface area contributed by atoms with Gasteiger partial charge in [0.2, 0.25) is 0 Å². The Morgan fingerprint density at radius 2 is 2.24 bits per heavy atom. The quantitative estimate of drug-likeness (QED) is 0.778. The van der Waals surface area contributed by atoms with E-state index in [0.29, 0.717) is 36.5 Å². The molecule has 0 saturated heterocycles. The first-order valence-corrected chi connectivity index (χ1v) is 6.66. The Bertz CT molecular complexity index is 719. The van der Waals surface area contributed by atoms with Crippen LogP contribution in [0, 0.1) is 0 Å². The van der Waals surface area contributed by atoms with Crippen LogP contribution in [0.15, 0.2) is 29.1 Å². The zero-order valence-corrected chi connectivity index (χ0v) is 11.6. The lowest BCUT2D eigenvalue weighted by Gasteiger charge is -2.26. The number of carbonyl (C=O) groups excluding carboxylic acids is 1. The van der Waals surface area contributed by atoms with Crippen molar-refractivity contribution in [2.24, 2.45) is 0 Å². The number of aromatic amines is 2. The summed E-state index contributed by atoms with van der Waals surface area (Å²) in [6.07, 6.45) is 0.638. The number of nitrogens with zero attached hydrogens (tertiary/aromatic N) is 1. The van der Waals surface area contributed by atoms with E-state index in [4.69, 9.17) is 4.74 Å². The second-order valence-electron chi connectivity index (χ2n) is 4.87. The zero-order valence-electron chi connectivity index (χ0n) is 11.6. The number of ether oxygens (including phenoxy) is 1. The van der Waals surface area contributed by atoms with Gasteiger partial charge < -0.3 is 20.1 Å². The summed E-state index contributed by atoms with van der Waals surface area (Å²) in [6.45, 7) is 0.876. The van der Waals surface area contributed by atoms with Gasteiger partial charge >= 0.3 is 6.03 Å². The first kappa shape index (κ1) is 13.3. The highest BCUT2D eigenvalue weighted by atomic mass is 16.5. The molecule has 0 spiro atoms.